The maximum atomic E-state index is 13.2. The van der Waals surface area contributed by atoms with Gasteiger partial charge in [0.25, 0.3) is 5.91 Å². The first kappa shape index (κ1) is 26.4. The summed E-state index contributed by atoms with van der Waals surface area (Å²) in [4.78, 5) is 13.2. The third kappa shape index (κ3) is 5.09. The number of carbonyl (C=O) groups is 1. The highest BCUT2D eigenvalue weighted by Gasteiger charge is 2.37. The van der Waals surface area contributed by atoms with Gasteiger partial charge in [-0.3, -0.25) is 9.89 Å². The fourth-order valence-electron chi connectivity index (χ4n) is 4.26. The van der Waals surface area contributed by atoms with Crippen LogP contribution in [0.25, 0.3) is 0 Å². The van der Waals surface area contributed by atoms with Crippen LogP contribution < -0.4 is 19.8 Å². The number of aromatic amines is 1. The van der Waals surface area contributed by atoms with Gasteiger partial charge in [-0.05, 0) is 53.7 Å². The highest BCUT2D eigenvalue weighted by Crippen LogP contribution is 2.41. The predicted molar refractivity (Wildman–Crippen MR) is 154 cm³/mol. The number of thioether (sulfide) groups is 1. The van der Waals surface area contributed by atoms with Crippen molar-refractivity contribution < 1.29 is 14.3 Å². The lowest BCUT2D eigenvalue weighted by Gasteiger charge is -2.26. The van der Waals surface area contributed by atoms with E-state index in [1.807, 2.05) is 42.5 Å². The fraction of sp³-hybridized carbons (Fsp3) is 0.192. The molecular formula is C26H23Cl2N5O3S2. The number of carbonyl (C=O) groups excluding carboxylic acids is 1. The van der Waals surface area contributed by atoms with E-state index in [0.717, 1.165) is 16.8 Å². The van der Waals surface area contributed by atoms with Gasteiger partial charge in [0, 0.05) is 12.1 Å². The Morgan fingerprint density at radius 1 is 1.08 bits per heavy atom. The van der Waals surface area contributed by atoms with Gasteiger partial charge in [0.15, 0.2) is 17.3 Å². The number of anilines is 2. The molecule has 0 spiro atoms. The third-order valence-electron chi connectivity index (χ3n) is 6.06. The molecular weight excluding hydrogens is 565 g/mol. The van der Waals surface area contributed by atoms with E-state index < -0.39 is 0 Å². The van der Waals surface area contributed by atoms with Crippen LogP contribution in [0.3, 0.4) is 0 Å². The molecule has 2 heterocycles. The second-order valence-corrected chi connectivity index (χ2v) is 10.6. The van der Waals surface area contributed by atoms with Crippen molar-refractivity contribution in [2.75, 3.05) is 30.3 Å². The van der Waals surface area contributed by atoms with E-state index in [2.05, 4.69) is 15.5 Å². The lowest BCUT2D eigenvalue weighted by atomic mass is 10.1. The minimum atomic E-state index is -0.333. The number of rotatable bonds is 8. The van der Waals surface area contributed by atoms with E-state index in [1.54, 1.807) is 42.1 Å². The van der Waals surface area contributed by atoms with Crippen LogP contribution in [-0.4, -0.2) is 40.8 Å². The fourth-order valence-corrected chi connectivity index (χ4v) is 6.11. The zero-order valence-electron chi connectivity index (χ0n) is 20.4. The third-order valence-corrected chi connectivity index (χ3v) is 8.15. The molecule has 196 valence electrons. The van der Waals surface area contributed by atoms with E-state index in [1.165, 1.54) is 11.8 Å². The number of hydrogen-bond acceptors (Lipinski definition) is 7. The van der Waals surface area contributed by atoms with E-state index in [4.69, 9.17) is 44.9 Å². The predicted octanol–water partition coefficient (Wildman–Crippen LogP) is 6.51. The molecule has 2 N–H and O–H groups in total. The van der Waals surface area contributed by atoms with Crippen molar-refractivity contribution in [1.29, 1.82) is 0 Å². The maximum Gasteiger partial charge on any atom is 0.252 e. The topological polar surface area (TPSA) is 84.4 Å². The van der Waals surface area contributed by atoms with Gasteiger partial charge in [-0.2, -0.15) is 5.10 Å². The summed E-state index contributed by atoms with van der Waals surface area (Å²) in [6.45, 7) is 0. The number of amides is 1. The lowest BCUT2D eigenvalue weighted by molar-refractivity contribution is -0.117. The Morgan fingerprint density at radius 3 is 2.55 bits per heavy atom. The van der Waals surface area contributed by atoms with Gasteiger partial charge >= 0.3 is 0 Å². The van der Waals surface area contributed by atoms with Crippen LogP contribution >= 0.6 is 47.2 Å². The molecule has 1 fully saturated rings. The van der Waals surface area contributed by atoms with Crippen molar-refractivity contribution in [2.45, 2.75) is 11.8 Å². The van der Waals surface area contributed by atoms with Gasteiger partial charge in [-0.1, -0.05) is 53.5 Å². The summed E-state index contributed by atoms with van der Waals surface area (Å²) in [5, 5.41) is 13.0. The maximum absolute atomic E-state index is 13.2. The van der Waals surface area contributed by atoms with Crippen molar-refractivity contribution in [3.63, 3.8) is 0 Å². The smallest absolute Gasteiger partial charge is 0.252 e. The number of hydrogen-bond donors (Lipinski definition) is 2. The summed E-state index contributed by atoms with van der Waals surface area (Å²) in [5.74, 6) is 1.99. The van der Waals surface area contributed by atoms with Crippen LogP contribution in [0.2, 0.25) is 10.0 Å². The number of nitrogens with one attached hydrogen (secondary N) is 2. The van der Waals surface area contributed by atoms with Crippen molar-refractivity contribution in [1.82, 2.24) is 14.9 Å². The number of ether oxygens (including phenoxy) is 2. The van der Waals surface area contributed by atoms with Crippen molar-refractivity contribution >= 4 is 64.5 Å². The van der Waals surface area contributed by atoms with Gasteiger partial charge < -0.3 is 14.8 Å². The number of aromatic nitrogens is 3. The largest absolute Gasteiger partial charge is 0.493 e. The van der Waals surface area contributed by atoms with Crippen molar-refractivity contribution in [2.24, 2.45) is 0 Å². The Labute approximate surface area is 238 Å². The van der Waals surface area contributed by atoms with E-state index in [9.17, 15) is 4.79 Å². The summed E-state index contributed by atoms with van der Waals surface area (Å²) in [7, 11) is 3.17. The zero-order chi connectivity index (χ0) is 26.8. The number of methoxy groups -OCH3 is 2. The molecule has 5 rings (SSSR count). The minimum Gasteiger partial charge on any atom is -0.493 e. The van der Waals surface area contributed by atoms with Crippen LogP contribution in [0.4, 0.5) is 11.4 Å². The Hall–Kier alpha value is -3.18. The highest BCUT2D eigenvalue weighted by molar-refractivity contribution is 8.00. The van der Waals surface area contributed by atoms with Crippen molar-refractivity contribution in [3.8, 4) is 11.5 Å². The minimum absolute atomic E-state index is 0.0807. The molecule has 1 amide bonds. The highest BCUT2D eigenvalue weighted by atomic mass is 35.5. The molecule has 0 saturated carbocycles. The normalized spacial score (nSPS) is 15.1. The molecule has 1 atom stereocenters. The van der Waals surface area contributed by atoms with Crippen LogP contribution in [-0.2, 0) is 11.2 Å². The first-order valence-electron chi connectivity index (χ1n) is 11.5. The molecule has 4 aromatic rings. The summed E-state index contributed by atoms with van der Waals surface area (Å²) in [5.41, 5.74) is 3.21. The summed E-state index contributed by atoms with van der Waals surface area (Å²) in [6, 6.07) is 18.7. The number of H-pyrrole nitrogens is 1. The van der Waals surface area contributed by atoms with Crippen LogP contribution in [0.5, 0.6) is 11.5 Å². The van der Waals surface area contributed by atoms with E-state index >= 15 is 0 Å². The average molecular weight is 589 g/mol. The van der Waals surface area contributed by atoms with Gasteiger partial charge in [-0.15, -0.1) is 11.8 Å². The van der Waals surface area contributed by atoms with Crippen LogP contribution in [0.15, 0.2) is 60.7 Å². The molecule has 0 aliphatic carbocycles. The Balaban J connectivity index is 1.50. The SMILES string of the molecule is COc1ccc(C2SCC(=O)N2n2c(Cc3ccccc3Nc3c(Cl)cccc3Cl)n[nH]c2=S)cc1OC. The molecule has 38 heavy (non-hydrogen) atoms. The van der Waals surface area contributed by atoms with Gasteiger partial charge in [0.2, 0.25) is 4.77 Å². The summed E-state index contributed by atoms with van der Waals surface area (Å²) < 4.78 is 12.9. The van der Waals surface area contributed by atoms with Gasteiger partial charge in [-0.25, -0.2) is 9.69 Å². The Morgan fingerprint density at radius 2 is 1.82 bits per heavy atom. The first-order chi connectivity index (χ1) is 18.4. The molecule has 8 nitrogen and oxygen atoms in total. The molecule has 12 heteroatoms. The Bertz CT molecular complexity index is 1540. The molecule has 1 aliphatic rings. The number of para-hydroxylation sites is 2. The monoisotopic (exact) mass is 587 g/mol. The first-order valence-corrected chi connectivity index (χ1v) is 13.7. The van der Waals surface area contributed by atoms with Gasteiger partial charge in [0.1, 0.15) is 5.37 Å². The van der Waals surface area contributed by atoms with Crippen LogP contribution in [0.1, 0.15) is 22.3 Å². The second kappa shape index (κ2) is 11.3. The van der Waals surface area contributed by atoms with Gasteiger partial charge in [0.05, 0.1) is 35.7 Å². The standard InChI is InChI=1S/C26H23Cl2N5O3S2/c1-35-20-11-10-16(12-21(20)36-2)25-33(23(34)14-38-25)32-22(30-31-26(32)37)13-15-6-3-4-9-19(15)29-24-17(27)7-5-8-18(24)28/h3-12,25,29H,13-14H2,1-2H3,(H,31,37). The van der Waals surface area contributed by atoms with E-state index in [-0.39, 0.29) is 11.3 Å². The van der Waals surface area contributed by atoms with Crippen LogP contribution in [0, 0.1) is 4.77 Å². The number of halogens is 2. The molecule has 1 aromatic heterocycles. The quantitative estimate of drug-likeness (QED) is 0.227. The number of nitrogens with zero attached hydrogens (tertiary/aromatic N) is 3. The molecule has 1 aliphatic heterocycles. The lowest BCUT2D eigenvalue weighted by Crippen LogP contribution is -2.39. The zero-order valence-corrected chi connectivity index (χ0v) is 23.5. The molecule has 1 saturated heterocycles. The molecule has 1 unspecified atom stereocenters. The molecule has 0 radical (unpaired) electrons. The summed E-state index contributed by atoms with van der Waals surface area (Å²) >= 11 is 19.9. The van der Waals surface area contributed by atoms with Crippen molar-refractivity contribution in [3.05, 3.63) is 92.4 Å². The average Bonchev–Trinajstić information content (AvgIpc) is 3.47. The number of benzene rings is 3. The second-order valence-electron chi connectivity index (χ2n) is 8.33. The van der Waals surface area contributed by atoms with E-state index in [0.29, 0.717) is 50.0 Å². The molecule has 3 aromatic carbocycles. The molecule has 0 bridgehead atoms. The summed E-state index contributed by atoms with van der Waals surface area (Å²) in [6.07, 6.45) is 0.380. The Kier molecular flexibility index (Phi) is 7.85.